The smallest absolute Gasteiger partial charge is 0.257 e. The van der Waals surface area contributed by atoms with Gasteiger partial charge in [0.25, 0.3) is 5.91 Å². The van der Waals surface area contributed by atoms with E-state index in [1.807, 2.05) is 13.0 Å². The van der Waals surface area contributed by atoms with Crippen LogP contribution in [0.15, 0.2) is 30.3 Å². The molecule has 0 aliphatic heterocycles. The van der Waals surface area contributed by atoms with Gasteiger partial charge in [-0.05, 0) is 18.6 Å². The summed E-state index contributed by atoms with van der Waals surface area (Å²) in [5, 5.41) is 2.35. The van der Waals surface area contributed by atoms with E-state index in [1.165, 1.54) is 11.8 Å². The van der Waals surface area contributed by atoms with Gasteiger partial charge in [0.2, 0.25) is 5.91 Å². The van der Waals surface area contributed by atoms with Crippen molar-refractivity contribution in [3.8, 4) is 0 Å². The summed E-state index contributed by atoms with van der Waals surface area (Å²) in [6, 6.07) is 8.78. The molecule has 1 aromatic carbocycles. The summed E-state index contributed by atoms with van der Waals surface area (Å²) in [6.07, 6.45) is 0.886. The highest BCUT2D eigenvalue weighted by atomic mass is 32.2. The van der Waals surface area contributed by atoms with Crippen LogP contribution in [0.25, 0.3) is 0 Å². The van der Waals surface area contributed by atoms with E-state index in [2.05, 4.69) is 5.32 Å². The predicted octanol–water partition coefficient (Wildman–Crippen LogP) is 1.41. The van der Waals surface area contributed by atoms with E-state index in [0.717, 1.165) is 12.2 Å². The molecule has 1 rings (SSSR count). The van der Waals surface area contributed by atoms with E-state index in [1.54, 1.807) is 24.3 Å². The van der Waals surface area contributed by atoms with Gasteiger partial charge in [0.1, 0.15) is 0 Å². The number of imide groups is 1. The van der Waals surface area contributed by atoms with Crippen molar-refractivity contribution in [2.75, 3.05) is 11.5 Å². The molecule has 5 heteroatoms. The van der Waals surface area contributed by atoms with Crippen LogP contribution in [0.3, 0.4) is 0 Å². The maximum absolute atomic E-state index is 11.6. The number of carbonyl (C=O) groups excluding carboxylic acids is 2. The van der Waals surface area contributed by atoms with Crippen LogP contribution in [0.5, 0.6) is 0 Å². The van der Waals surface area contributed by atoms with Gasteiger partial charge >= 0.3 is 0 Å². The summed E-state index contributed by atoms with van der Waals surface area (Å²) >= 11 is 1.44. The summed E-state index contributed by atoms with van der Waals surface area (Å²) in [5.41, 5.74) is 6.22. The first-order valence-corrected chi connectivity index (χ1v) is 7.01. The lowest BCUT2D eigenvalue weighted by Gasteiger charge is -2.08. The van der Waals surface area contributed by atoms with Crippen molar-refractivity contribution in [1.29, 1.82) is 0 Å². The van der Waals surface area contributed by atoms with Crippen molar-refractivity contribution in [2.24, 2.45) is 5.73 Å². The molecule has 1 atom stereocenters. The lowest BCUT2D eigenvalue weighted by Crippen LogP contribution is -2.32. The summed E-state index contributed by atoms with van der Waals surface area (Å²) < 4.78 is 0. The second-order valence-corrected chi connectivity index (χ2v) is 4.96. The predicted molar refractivity (Wildman–Crippen MR) is 74.5 cm³/mol. The molecule has 0 radical (unpaired) electrons. The first-order valence-electron chi connectivity index (χ1n) is 5.86. The summed E-state index contributed by atoms with van der Waals surface area (Å²) in [6.45, 7) is 2.00. The van der Waals surface area contributed by atoms with E-state index in [4.69, 9.17) is 5.73 Å². The Kier molecular flexibility index (Phi) is 6.46. The Labute approximate surface area is 111 Å². The van der Waals surface area contributed by atoms with E-state index >= 15 is 0 Å². The average molecular weight is 266 g/mol. The van der Waals surface area contributed by atoms with Gasteiger partial charge < -0.3 is 5.73 Å². The highest BCUT2D eigenvalue weighted by Crippen LogP contribution is 2.04. The molecule has 2 amide bonds. The number of carbonyl (C=O) groups is 2. The Morgan fingerprint density at radius 3 is 2.61 bits per heavy atom. The van der Waals surface area contributed by atoms with E-state index in [-0.39, 0.29) is 23.6 Å². The minimum atomic E-state index is -0.360. The van der Waals surface area contributed by atoms with Crippen molar-refractivity contribution in [3.05, 3.63) is 35.9 Å². The minimum absolute atomic E-state index is 0.104. The first kappa shape index (κ1) is 14.7. The Morgan fingerprint density at radius 1 is 1.33 bits per heavy atom. The summed E-state index contributed by atoms with van der Waals surface area (Å²) in [4.78, 5) is 23.1. The highest BCUT2D eigenvalue weighted by molar-refractivity contribution is 8.00. The molecule has 0 aliphatic carbocycles. The number of hydrogen-bond donors (Lipinski definition) is 2. The average Bonchev–Trinajstić information content (AvgIpc) is 2.39. The fourth-order valence-electron chi connectivity index (χ4n) is 1.25. The molecular weight excluding hydrogens is 248 g/mol. The number of amides is 2. The molecule has 18 heavy (non-hydrogen) atoms. The van der Waals surface area contributed by atoms with Gasteiger partial charge in [-0.25, -0.2) is 0 Å². The zero-order valence-corrected chi connectivity index (χ0v) is 11.2. The number of thioether (sulfide) groups is 1. The summed E-state index contributed by atoms with van der Waals surface area (Å²) in [5.74, 6) is 0.341. The quantitative estimate of drug-likeness (QED) is 0.816. The molecule has 0 aliphatic rings. The number of hydrogen-bond acceptors (Lipinski definition) is 4. The van der Waals surface area contributed by atoms with Crippen molar-refractivity contribution < 1.29 is 9.59 Å². The van der Waals surface area contributed by atoms with Gasteiger partial charge in [-0.2, -0.15) is 11.8 Å². The Balaban J connectivity index is 2.30. The Hall–Kier alpha value is -1.33. The molecule has 0 saturated heterocycles. The number of nitrogens with two attached hydrogens (primary N) is 1. The molecule has 3 N–H and O–H groups in total. The second-order valence-electron chi connectivity index (χ2n) is 3.93. The third-order valence-corrected chi connectivity index (χ3v) is 3.51. The van der Waals surface area contributed by atoms with Gasteiger partial charge in [-0.3, -0.25) is 14.9 Å². The molecule has 98 valence electrons. The Morgan fingerprint density at radius 2 is 2.00 bits per heavy atom. The van der Waals surface area contributed by atoms with Crippen LogP contribution in [-0.4, -0.2) is 29.4 Å². The molecule has 1 unspecified atom stereocenters. The van der Waals surface area contributed by atoms with Gasteiger partial charge in [-0.15, -0.1) is 0 Å². The molecule has 0 saturated carbocycles. The van der Waals surface area contributed by atoms with Crippen LogP contribution in [0.4, 0.5) is 0 Å². The van der Waals surface area contributed by atoms with E-state index in [0.29, 0.717) is 5.56 Å². The van der Waals surface area contributed by atoms with Crippen LogP contribution in [0.1, 0.15) is 23.7 Å². The molecule has 0 aromatic heterocycles. The maximum Gasteiger partial charge on any atom is 0.257 e. The van der Waals surface area contributed by atoms with Gasteiger partial charge in [0.05, 0.1) is 5.75 Å². The topological polar surface area (TPSA) is 72.2 Å². The molecular formula is C13H18N2O2S. The van der Waals surface area contributed by atoms with Crippen molar-refractivity contribution in [1.82, 2.24) is 5.32 Å². The van der Waals surface area contributed by atoms with Crippen LogP contribution in [0, 0.1) is 0 Å². The largest absolute Gasteiger partial charge is 0.327 e. The van der Waals surface area contributed by atoms with Crippen LogP contribution < -0.4 is 11.1 Å². The van der Waals surface area contributed by atoms with E-state index < -0.39 is 0 Å². The van der Waals surface area contributed by atoms with Crippen LogP contribution in [-0.2, 0) is 4.79 Å². The van der Waals surface area contributed by atoms with Gasteiger partial charge in [0, 0.05) is 17.4 Å². The second kappa shape index (κ2) is 7.89. The monoisotopic (exact) mass is 266 g/mol. The normalized spacial score (nSPS) is 11.9. The van der Waals surface area contributed by atoms with Crippen molar-refractivity contribution in [3.63, 3.8) is 0 Å². The SMILES string of the molecule is CCC(N)CSCC(=O)NC(=O)c1ccccc1. The van der Waals surface area contributed by atoms with Gasteiger partial charge in [0.15, 0.2) is 0 Å². The lowest BCUT2D eigenvalue weighted by molar-refractivity contribution is -0.117. The fourth-order valence-corrected chi connectivity index (χ4v) is 2.16. The fraction of sp³-hybridized carbons (Fsp3) is 0.385. The minimum Gasteiger partial charge on any atom is -0.327 e. The van der Waals surface area contributed by atoms with E-state index in [9.17, 15) is 9.59 Å². The number of nitrogens with one attached hydrogen (secondary N) is 1. The van der Waals surface area contributed by atoms with Crippen molar-refractivity contribution >= 4 is 23.6 Å². The van der Waals surface area contributed by atoms with Crippen LogP contribution in [0.2, 0.25) is 0 Å². The zero-order valence-electron chi connectivity index (χ0n) is 10.4. The summed E-state index contributed by atoms with van der Waals surface area (Å²) in [7, 11) is 0. The molecule has 0 fully saturated rings. The molecule has 1 aromatic rings. The molecule has 0 bridgehead atoms. The standard InChI is InChI=1S/C13H18N2O2S/c1-2-11(14)8-18-9-12(16)15-13(17)10-6-4-3-5-7-10/h3-7,11H,2,8-9,14H2,1H3,(H,15,16,17). The van der Waals surface area contributed by atoms with Crippen LogP contribution >= 0.6 is 11.8 Å². The highest BCUT2D eigenvalue weighted by Gasteiger charge is 2.10. The first-order chi connectivity index (χ1) is 8.63. The zero-order chi connectivity index (χ0) is 13.4. The number of benzene rings is 1. The third kappa shape index (κ3) is 5.33. The number of rotatable bonds is 6. The lowest BCUT2D eigenvalue weighted by atomic mass is 10.2. The van der Waals surface area contributed by atoms with Crippen molar-refractivity contribution in [2.45, 2.75) is 19.4 Å². The molecule has 0 heterocycles. The molecule has 0 spiro atoms. The maximum atomic E-state index is 11.6. The van der Waals surface area contributed by atoms with Gasteiger partial charge in [-0.1, -0.05) is 25.1 Å². The third-order valence-electron chi connectivity index (χ3n) is 2.38. The molecule has 4 nitrogen and oxygen atoms in total. The Bertz CT molecular complexity index is 395.